The van der Waals surface area contributed by atoms with Crippen molar-refractivity contribution < 1.29 is 28.3 Å². The Morgan fingerprint density at radius 2 is 1.91 bits per heavy atom. The predicted octanol–water partition coefficient (Wildman–Crippen LogP) is 0.156. The molecule has 0 bridgehead atoms. The maximum Gasteiger partial charge on any atom is 0.328 e. The number of piperidine rings is 1. The van der Waals surface area contributed by atoms with Crippen molar-refractivity contribution in [2.75, 3.05) is 39.8 Å². The molecule has 9 nitrogen and oxygen atoms in total. The molecule has 174 valence electrons. The van der Waals surface area contributed by atoms with E-state index >= 15 is 0 Å². The average molecular weight is 448 g/mol. The number of amides is 3. The smallest absolute Gasteiger partial charge is 0.328 e. The molecule has 1 aromatic carbocycles. The number of benzene rings is 1. The first-order valence-electron chi connectivity index (χ1n) is 10.8. The van der Waals surface area contributed by atoms with Gasteiger partial charge in [-0.1, -0.05) is 6.07 Å². The Balaban J connectivity index is 1.79. The molecule has 0 aromatic heterocycles. The Kier molecular flexibility index (Phi) is 7.79. The molecule has 0 saturated carbocycles. The molecular formula is C22H29FN4O5. The molecule has 10 heteroatoms. The second kappa shape index (κ2) is 10.5. The lowest BCUT2D eigenvalue weighted by Gasteiger charge is -2.42. The second-order valence-corrected chi connectivity index (χ2v) is 8.09. The van der Waals surface area contributed by atoms with Crippen molar-refractivity contribution in [1.29, 1.82) is 0 Å². The number of methoxy groups -OCH3 is 1. The van der Waals surface area contributed by atoms with Crippen LogP contribution in [0.25, 0.3) is 0 Å². The van der Waals surface area contributed by atoms with Crippen molar-refractivity contribution in [2.24, 2.45) is 5.92 Å². The van der Waals surface area contributed by atoms with Crippen molar-refractivity contribution in [3.63, 3.8) is 0 Å². The maximum atomic E-state index is 13.6. The summed E-state index contributed by atoms with van der Waals surface area (Å²) in [6.45, 7) is 3.29. The number of carbonyl (C=O) groups is 4. The molecule has 32 heavy (non-hydrogen) atoms. The van der Waals surface area contributed by atoms with Gasteiger partial charge < -0.3 is 25.2 Å². The normalized spacial score (nSPS) is 20.4. The Bertz CT molecular complexity index is 874. The first-order valence-corrected chi connectivity index (χ1v) is 10.8. The topological polar surface area (TPSA) is 108 Å². The van der Waals surface area contributed by atoms with Gasteiger partial charge in [0.1, 0.15) is 17.9 Å². The van der Waals surface area contributed by atoms with Gasteiger partial charge in [0, 0.05) is 24.6 Å². The van der Waals surface area contributed by atoms with Gasteiger partial charge in [-0.3, -0.25) is 14.4 Å². The first-order chi connectivity index (χ1) is 15.3. The Hall–Kier alpha value is -3.01. The number of esters is 1. The first kappa shape index (κ1) is 23.6. The van der Waals surface area contributed by atoms with E-state index in [0.717, 1.165) is 19.2 Å². The lowest BCUT2D eigenvalue weighted by Crippen LogP contribution is -2.63. The molecule has 1 aromatic rings. The molecule has 2 heterocycles. The highest BCUT2D eigenvalue weighted by atomic mass is 19.1. The van der Waals surface area contributed by atoms with Crippen LogP contribution in [-0.4, -0.2) is 85.4 Å². The van der Waals surface area contributed by atoms with Gasteiger partial charge in [0.2, 0.25) is 11.8 Å². The minimum absolute atomic E-state index is 0.0498. The molecule has 2 saturated heterocycles. The molecule has 0 aliphatic carbocycles. The van der Waals surface area contributed by atoms with E-state index < -0.39 is 35.7 Å². The van der Waals surface area contributed by atoms with Gasteiger partial charge in [0.05, 0.1) is 13.7 Å². The Morgan fingerprint density at radius 1 is 1.19 bits per heavy atom. The van der Waals surface area contributed by atoms with Gasteiger partial charge in [0.25, 0.3) is 5.91 Å². The standard InChI is InChI=1S/C22H29FN4O5/c1-14(22(31)32-2)25-19(28)18-13-26(20(29)16-4-3-5-17(23)12-16)10-11-27(18)21(30)15-6-8-24-9-7-15/h3-5,12,14-15,18,24H,6-11,13H2,1-2H3,(H,25,28)/t14-,18-/m1/s1. The summed E-state index contributed by atoms with van der Waals surface area (Å²) < 4.78 is 18.2. The molecule has 3 amide bonds. The molecule has 0 spiro atoms. The SMILES string of the molecule is COC(=O)[C@@H](C)NC(=O)[C@H]1CN(C(=O)c2cccc(F)c2)CCN1C(=O)C1CCNCC1. The summed E-state index contributed by atoms with van der Waals surface area (Å²) in [5.74, 6) is -2.43. The van der Waals surface area contributed by atoms with Crippen LogP contribution >= 0.6 is 0 Å². The highest BCUT2D eigenvalue weighted by Crippen LogP contribution is 2.21. The van der Waals surface area contributed by atoms with Gasteiger partial charge >= 0.3 is 5.97 Å². The molecular weight excluding hydrogens is 419 g/mol. The average Bonchev–Trinajstić information content (AvgIpc) is 2.82. The summed E-state index contributed by atoms with van der Waals surface area (Å²) in [7, 11) is 1.22. The van der Waals surface area contributed by atoms with E-state index in [1.165, 1.54) is 42.0 Å². The lowest BCUT2D eigenvalue weighted by atomic mass is 9.95. The minimum atomic E-state index is -0.962. The number of ether oxygens (including phenoxy) is 1. The number of hydrogen-bond donors (Lipinski definition) is 2. The maximum absolute atomic E-state index is 13.6. The fourth-order valence-corrected chi connectivity index (χ4v) is 4.11. The van der Waals surface area contributed by atoms with E-state index in [0.29, 0.717) is 12.8 Å². The Labute approximate surface area is 186 Å². The van der Waals surface area contributed by atoms with Crippen molar-refractivity contribution >= 4 is 23.7 Å². The molecule has 2 fully saturated rings. The zero-order valence-corrected chi connectivity index (χ0v) is 18.3. The lowest BCUT2D eigenvalue weighted by molar-refractivity contribution is -0.149. The van der Waals surface area contributed by atoms with Gasteiger partial charge in [-0.25, -0.2) is 9.18 Å². The van der Waals surface area contributed by atoms with Gasteiger partial charge in [-0.2, -0.15) is 0 Å². The van der Waals surface area contributed by atoms with Crippen LogP contribution in [0.4, 0.5) is 4.39 Å². The van der Waals surface area contributed by atoms with Gasteiger partial charge in [0.15, 0.2) is 0 Å². The summed E-state index contributed by atoms with van der Waals surface area (Å²) >= 11 is 0. The third-order valence-electron chi connectivity index (χ3n) is 5.93. The van der Waals surface area contributed by atoms with Crippen LogP contribution in [-0.2, 0) is 19.1 Å². The summed E-state index contributed by atoms with van der Waals surface area (Å²) in [5.41, 5.74) is 0.171. The van der Waals surface area contributed by atoms with Crippen LogP contribution in [0.5, 0.6) is 0 Å². The van der Waals surface area contributed by atoms with E-state index in [1.807, 2.05) is 0 Å². The summed E-state index contributed by atoms with van der Waals surface area (Å²) in [6.07, 6.45) is 1.35. The number of nitrogens with zero attached hydrogens (tertiary/aromatic N) is 2. The van der Waals surface area contributed by atoms with Crippen molar-refractivity contribution in [2.45, 2.75) is 31.8 Å². The van der Waals surface area contributed by atoms with Crippen LogP contribution in [0.15, 0.2) is 24.3 Å². The van der Waals surface area contributed by atoms with Crippen LogP contribution in [0, 0.1) is 11.7 Å². The van der Waals surface area contributed by atoms with E-state index in [2.05, 4.69) is 15.4 Å². The van der Waals surface area contributed by atoms with E-state index in [-0.39, 0.29) is 37.0 Å². The summed E-state index contributed by atoms with van der Waals surface area (Å²) in [4.78, 5) is 53.9. The molecule has 0 radical (unpaired) electrons. The fourth-order valence-electron chi connectivity index (χ4n) is 4.11. The van der Waals surface area contributed by atoms with E-state index in [9.17, 15) is 23.6 Å². The van der Waals surface area contributed by atoms with Crippen molar-refractivity contribution in [3.05, 3.63) is 35.6 Å². The zero-order valence-electron chi connectivity index (χ0n) is 18.3. The van der Waals surface area contributed by atoms with Crippen molar-refractivity contribution in [1.82, 2.24) is 20.4 Å². The quantitative estimate of drug-likeness (QED) is 0.622. The molecule has 2 atom stereocenters. The number of carbonyl (C=O) groups excluding carboxylic acids is 4. The van der Waals surface area contributed by atoms with Gasteiger partial charge in [-0.15, -0.1) is 0 Å². The molecule has 2 aliphatic rings. The van der Waals surface area contributed by atoms with Crippen LogP contribution < -0.4 is 10.6 Å². The molecule has 2 N–H and O–H groups in total. The fraction of sp³-hybridized carbons (Fsp3) is 0.545. The molecule has 2 aliphatic heterocycles. The number of hydrogen-bond acceptors (Lipinski definition) is 6. The van der Waals surface area contributed by atoms with Crippen LogP contribution in [0.1, 0.15) is 30.1 Å². The van der Waals surface area contributed by atoms with E-state index in [4.69, 9.17) is 0 Å². The third-order valence-corrected chi connectivity index (χ3v) is 5.93. The number of halogens is 1. The Morgan fingerprint density at radius 3 is 2.56 bits per heavy atom. The number of rotatable bonds is 5. The second-order valence-electron chi connectivity index (χ2n) is 8.09. The van der Waals surface area contributed by atoms with E-state index in [1.54, 1.807) is 0 Å². The highest BCUT2D eigenvalue weighted by molar-refractivity contribution is 5.96. The zero-order chi connectivity index (χ0) is 23.3. The minimum Gasteiger partial charge on any atom is -0.467 e. The van der Waals surface area contributed by atoms with Gasteiger partial charge in [-0.05, 0) is 51.1 Å². The molecule has 0 unspecified atom stereocenters. The molecule has 3 rings (SSSR count). The van der Waals surface area contributed by atoms with Crippen LogP contribution in [0.3, 0.4) is 0 Å². The third kappa shape index (κ3) is 5.42. The predicted molar refractivity (Wildman–Crippen MR) is 113 cm³/mol. The largest absolute Gasteiger partial charge is 0.467 e. The number of piperazine rings is 1. The highest BCUT2D eigenvalue weighted by Gasteiger charge is 2.40. The summed E-state index contributed by atoms with van der Waals surface area (Å²) in [6, 6.07) is 3.47. The monoisotopic (exact) mass is 448 g/mol. The van der Waals surface area contributed by atoms with Crippen molar-refractivity contribution in [3.8, 4) is 0 Å². The van der Waals surface area contributed by atoms with Crippen LogP contribution in [0.2, 0.25) is 0 Å². The summed E-state index contributed by atoms with van der Waals surface area (Å²) in [5, 5.41) is 5.79. The number of nitrogens with one attached hydrogen (secondary N) is 2.